The van der Waals surface area contributed by atoms with E-state index in [4.69, 9.17) is 11.6 Å². The first-order chi connectivity index (χ1) is 10.2. The van der Waals surface area contributed by atoms with Gasteiger partial charge < -0.3 is 5.11 Å². The third-order valence-corrected chi connectivity index (χ3v) is 3.82. The maximum absolute atomic E-state index is 11.5. The molecule has 0 aliphatic rings. The van der Waals surface area contributed by atoms with E-state index in [-0.39, 0.29) is 0 Å². The number of benzene rings is 2. The summed E-state index contributed by atoms with van der Waals surface area (Å²) in [4.78, 5) is 4.34. The monoisotopic (exact) mass is 295 g/mol. The molecule has 21 heavy (non-hydrogen) atoms. The molecule has 3 rings (SSSR count). The van der Waals surface area contributed by atoms with Crippen LogP contribution in [0.4, 0.5) is 0 Å². The van der Waals surface area contributed by atoms with E-state index in [1.165, 1.54) is 0 Å². The highest BCUT2D eigenvalue weighted by Gasteiger charge is 2.36. The number of nitrogens with zero attached hydrogens (tertiary/aromatic N) is 1. The van der Waals surface area contributed by atoms with Crippen LogP contribution in [-0.2, 0) is 5.60 Å². The van der Waals surface area contributed by atoms with Crippen LogP contribution in [-0.4, -0.2) is 10.1 Å². The number of aromatic nitrogens is 1. The van der Waals surface area contributed by atoms with E-state index in [0.29, 0.717) is 16.3 Å². The van der Waals surface area contributed by atoms with Crippen molar-refractivity contribution in [2.24, 2.45) is 0 Å². The van der Waals surface area contributed by atoms with Crippen LogP contribution >= 0.6 is 11.6 Å². The number of rotatable bonds is 3. The van der Waals surface area contributed by atoms with Gasteiger partial charge in [-0.1, -0.05) is 66.2 Å². The number of pyridine rings is 1. The van der Waals surface area contributed by atoms with E-state index >= 15 is 0 Å². The third-order valence-electron chi connectivity index (χ3n) is 3.49. The highest BCUT2D eigenvalue weighted by molar-refractivity contribution is 6.31. The second-order valence-corrected chi connectivity index (χ2v) is 5.18. The molecular formula is C18H14ClNO. The van der Waals surface area contributed by atoms with Crippen molar-refractivity contribution in [2.75, 3.05) is 0 Å². The highest BCUT2D eigenvalue weighted by Crippen LogP contribution is 2.38. The summed E-state index contributed by atoms with van der Waals surface area (Å²) < 4.78 is 0. The molecule has 0 radical (unpaired) electrons. The summed E-state index contributed by atoms with van der Waals surface area (Å²) in [5, 5.41) is 12.0. The Kier molecular flexibility index (Phi) is 3.74. The van der Waals surface area contributed by atoms with Crippen LogP contribution in [0.25, 0.3) is 0 Å². The van der Waals surface area contributed by atoms with E-state index in [1.54, 1.807) is 18.3 Å². The lowest BCUT2D eigenvalue weighted by atomic mass is 9.83. The Morgan fingerprint density at radius 2 is 1.48 bits per heavy atom. The van der Waals surface area contributed by atoms with Gasteiger partial charge in [0.15, 0.2) is 5.60 Å². The molecule has 0 saturated heterocycles. The van der Waals surface area contributed by atoms with Crippen LogP contribution in [0.15, 0.2) is 79.0 Å². The van der Waals surface area contributed by atoms with Crippen molar-refractivity contribution in [3.05, 3.63) is 101 Å². The summed E-state index contributed by atoms with van der Waals surface area (Å²) in [6.45, 7) is 0. The highest BCUT2D eigenvalue weighted by atomic mass is 35.5. The molecular weight excluding hydrogens is 282 g/mol. The van der Waals surface area contributed by atoms with Crippen LogP contribution in [0.2, 0.25) is 5.02 Å². The van der Waals surface area contributed by atoms with Crippen molar-refractivity contribution in [3.63, 3.8) is 0 Å². The van der Waals surface area contributed by atoms with Crippen molar-refractivity contribution in [2.45, 2.75) is 5.60 Å². The SMILES string of the molecule is O[C@@](c1ccccc1)(c1ccccn1)c1ccccc1Cl. The number of hydrogen-bond donors (Lipinski definition) is 1. The summed E-state index contributed by atoms with van der Waals surface area (Å²) >= 11 is 6.32. The topological polar surface area (TPSA) is 33.1 Å². The lowest BCUT2D eigenvalue weighted by Crippen LogP contribution is -2.30. The predicted octanol–water partition coefficient (Wildman–Crippen LogP) is 4.02. The summed E-state index contributed by atoms with van der Waals surface area (Å²) in [6.07, 6.45) is 1.67. The average molecular weight is 296 g/mol. The van der Waals surface area contributed by atoms with Gasteiger partial charge in [-0.15, -0.1) is 0 Å². The van der Waals surface area contributed by atoms with E-state index in [9.17, 15) is 5.11 Å². The first-order valence-electron chi connectivity index (χ1n) is 6.67. The maximum atomic E-state index is 11.5. The van der Waals surface area contributed by atoms with Gasteiger partial charge in [0.25, 0.3) is 0 Å². The van der Waals surface area contributed by atoms with Gasteiger partial charge in [-0.2, -0.15) is 0 Å². The zero-order valence-corrected chi connectivity index (χ0v) is 12.0. The van der Waals surface area contributed by atoms with Gasteiger partial charge in [-0.25, -0.2) is 0 Å². The fourth-order valence-electron chi connectivity index (χ4n) is 2.45. The minimum atomic E-state index is -1.37. The van der Waals surface area contributed by atoms with E-state index in [1.807, 2.05) is 60.7 Å². The van der Waals surface area contributed by atoms with Gasteiger partial charge in [-0.3, -0.25) is 4.98 Å². The van der Waals surface area contributed by atoms with Crippen LogP contribution in [0.1, 0.15) is 16.8 Å². The molecule has 0 fully saturated rings. The predicted molar refractivity (Wildman–Crippen MR) is 84.2 cm³/mol. The van der Waals surface area contributed by atoms with Crippen LogP contribution in [0.5, 0.6) is 0 Å². The first kappa shape index (κ1) is 13.8. The normalized spacial score (nSPS) is 13.6. The Balaban J connectivity index is 2.29. The molecule has 0 amide bonds. The number of halogens is 1. The van der Waals surface area contributed by atoms with Crippen molar-refractivity contribution in [1.29, 1.82) is 0 Å². The molecule has 1 heterocycles. The maximum Gasteiger partial charge on any atom is 0.158 e. The zero-order valence-electron chi connectivity index (χ0n) is 11.3. The fraction of sp³-hybridized carbons (Fsp3) is 0.0556. The van der Waals surface area contributed by atoms with Crippen molar-refractivity contribution >= 4 is 11.6 Å². The molecule has 2 nitrogen and oxygen atoms in total. The second-order valence-electron chi connectivity index (χ2n) is 4.77. The van der Waals surface area contributed by atoms with Gasteiger partial charge in [0.05, 0.1) is 5.69 Å². The summed E-state index contributed by atoms with van der Waals surface area (Å²) in [7, 11) is 0. The van der Waals surface area contributed by atoms with E-state index in [2.05, 4.69) is 4.98 Å². The van der Waals surface area contributed by atoms with Gasteiger partial charge in [-0.05, 0) is 23.8 Å². The molecule has 0 saturated carbocycles. The summed E-state index contributed by atoms with van der Waals surface area (Å²) in [5.74, 6) is 0. The minimum absolute atomic E-state index is 0.509. The van der Waals surface area contributed by atoms with Gasteiger partial charge in [0.1, 0.15) is 0 Å². The van der Waals surface area contributed by atoms with Gasteiger partial charge >= 0.3 is 0 Å². The second kappa shape index (κ2) is 5.68. The van der Waals surface area contributed by atoms with Crippen LogP contribution in [0.3, 0.4) is 0 Å². The third kappa shape index (κ3) is 2.44. The number of aliphatic hydroxyl groups is 1. The first-order valence-corrected chi connectivity index (χ1v) is 7.05. The van der Waals surface area contributed by atoms with Crippen molar-refractivity contribution < 1.29 is 5.11 Å². The molecule has 0 unspecified atom stereocenters. The Morgan fingerprint density at radius 3 is 2.14 bits per heavy atom. The van der Waals surface area contributed by atoms with E-state index < -0.39 is 5.60 Å². The molecule has 1 N–H and O–H groups in total. The molecule has 1 atom stereocenters. The molecule has 1 aromatic heterocycles. The Hall–Kier alpha value is -2.16. The van der Waals surface area contributed by atoms with Crippen molar-refractivity contribution in [1.82, 2.24) is 4.98 Å². The standard InChI is InChI=1S/C18H14ClNO/c19-16-11-5-4-10-15(16)18(21,14-8-2-1-3-9-14)17-12-6-7-13-20-17/h1-13,21H/t18-/m1/s1. The Bertz CT molecular complexity index is 689. The zero-order chi connectivity index (χ0) is 14.7. The lowest BCUT2D eigenvalue weighted by Gasteiger charge is -2.29. The smallest absolute Gasteiger partial charge is 0.158 e. The largest absolute Gasteiger partial charge is 0.374 e. The fourth-order valence-corrected chi connectivity index (χ4v) is 2.72. The van der Waals surface area contributed by atoms with Gasteiger partial charge in [0, 0.05) is 16.8 Å². The molecule has 3 aromatic rings. The molecule has 0 bridgehead atoms. The van der Waals surface area contributed by atoms with Gasteiger partial charge in [0.2, 0.25) is 0 Å². The van der Waals surface area contributed by atoms with E-state index in [0.717, 1.165) is 5.56 Å². The Morgan fingerprint density at radius 1 is 0.810 bits per heavy atom. The molecule has 0 spiro atoms. The lowest BCUT2D eigenvalue weighted by molar-refractivity contribution is 0.121. The molecule has 104 valence electrons. The summed E-state index contributed by atoms with van der Waals surface area (Å²) in [5.41, 5.74) is 0.526. The molecule has 3 heteroatoms. The molecule has 0 aliphatic carbocycles. The minimum Gasteiger partial charge on any atom is -0.374 e. The Labute approximate surface area is 128 Å². The average Bonchev–Trinajstić information content (AvgIpc) is 2.56. The quantitative estimate of drug-likeness (QED) is 0.792. The molecule has 0 aliphatic heterocycles. The molecule has 2 aromatic carbocycles. The van der Waals surface area contributed by atoms with Crippen molar-refractivity contribution in [3.8, 4) is 0 Å². The van der Waals surface area contributed by atoms with Crippen LogP contribution in [0, 0.1) is 0 Å². The van der Waals surface area contributed by atoms with Crippen LogP contribution < -0.4 is 0 Å². The number of hydrogen-bond acceptors (Lipinski definition) is 2. The summed E-state index contributed by atoms with van der Waals surface area (Å²) in [6, 6.07) is 22.2.